The highest BCUT2D eigenvalue weighted by Gasteiger charge is 2.41. The van der Waals surface area contributed by atoms with Crippen LogP contribution in [0.1, 0.15) is 18.4 Å². The third-order valence-electron chi connectivity index (χ3n) is 3.99. The van der Waals surface area contributed by atoms with Gasteiger partial charge in [-0.2, -0.15) is 0 Å². The Morgan fingerprint density at radius 1 is 1.41 bits per heavy atom. The number of hydrogen-bond acceptors (Lipinski definition) is 3. The van der Waals surface area contributed by atoms with Gasteiger partial charge in [-0.25, -0.2) is 0 Å². The molecule has 1 N–H and O–H groups in total. The molecule has 17 heavy (non-hydrogen) atoms. The second kappa shape index (κ2) is 3.91. The standard InChI is InChI=1S/C14H19NO2/c1-15-6-7-17-13-3-2-11(8-12(13)15)9-14(10-16)4-5-14/h2-3,8,16H,4-7,9-10H2,1H3. The second-order valence-corrected chi connectivity index (χ2v) is 5.41. The molecule has 3 rings (SSSR count). The normalized spacial score (nSPS) is 20.7. The summed E-state index contributed by atoms with van der Waals surface area (Å²) in [6.45, 7) is 2.03. The Labute approximate surface area is 102 Å². The molecule has 1 aliphatic carbocycles. The molecule has 1 fully saturated rings. The third kappa shape index (κ3) is 2.00. The van der Waals surface area contributed by atoms with Gasteiger partial charge in [0.25, 0.3) is 0 Å². The molecular weight excluding hydrogens is 214 g/mol. The van der Waals surface area contributed by atoms with Gasteiger partial charge < -0.3 is 14.7 Å². The molecule has 1 aromatic rings. The van der Waals surface area contributed by atoms with Gasteiger partial charge in [0.1, 0.15) is 12.4 Å². The van der Waals surface area contributed by atoms with Gasteiger partial charge in [-0.05, 0) is 42.4 Å². The molecule has 1 heterocycles. The van der Waals surface area contributed by atoms with E-state index in [0.29, 0.717) is 6.61 Å². The highest BCUT2D eigenvalue weighted by molar-refractivity contribution is 5.61. The first kappa shape index (κ1) is 10.9. The van der Waals surface area contributed by atoms with Gasteiger partial charge >= 0.3 is 0 Å². The number of rotatable bonds is 3. The predicted molar refractivity (Wildman–Crippen MR) is 67.7 cm³/mol. The number of likely N-dealkylation sites (N-methyl/N-ethyl adjacent to an activating group) is 1. The fourth-order valence-electron chi connectivity index (χ4n) is 2.51. The van der Waals surface area contributed by atoms with E-state index in [1.165, 1.54) is 11.3 Å². The minimum atomic E-state index is 0.183. The van der Waals surface area contributed by atoms with Crippen molar-refractivity contribution < 1.29 is 9.84 Å². The van der Waals surface area contributed by atoms with Crippen molar-refractivity contribution in [3.63, 3.8) is 0 Å². The van der Waals surface area contributed by atoms with Crippen LogP contribution in [0.2, 0.25) is 0 Å². The van der Waals surface area contributed by atoms with Crippen LogP contribution in [0.4, 0.5) is 5.69 Å². The topological polar surface area (TPSA) is 32.7 Å². The Hall–Kier alpha value is -1.22. The minimum absolute atomic E-state index is 0.183. The smallest absolute Gasteiger partial charge is 0.142 e. The molecule has 0 saturated heterocycles. The SMILES string of the molecule is CN1CCOc2ccc(CC3(CO)CC3)cc21. The summed E-state index contributed by atoms with van der Waals surface area (Å²) in [6.07, 6.45) is 3.31. The molecule has 0 atom stereocenters. The first-order valence-electron chi connectivity index (χ1n) is 6.30. The van der Waals surface area contributed by atoms with Crippen LogP contribution >= 0.6 is 0 Å². The van der Waals surface area contributed by atoms with Gasteiger partial charge in [0.2, 0.25) is 0 Å². The van der Waals surface area contributed by atoms with Crippen molar-refractivity contribution >= 4 is 5.69 Å². The maximum Gasteiger partial charge on any atom is 0.142 e. The van der Waals surface area contributed by atoms with Gasteiger partial charge in [-0.15, -0.1) is 0 Å². The number of ether oxygens (including phenoxy) is 1. The van der Waals surface area contributed by atoms with Crippen LogP contribution in [0, 0.1) is 5.41 Å². The van der Waals surface area contributed by atoms with E-state index in [4.69, 9.17) is 4.74 Å². The number of fused-ring (bicyclic) bond motifs is 1. The van der Waals surface area contributed by atoms with E-state index >= 15 is 0 Å². The molecule has 2 aliphatic rings. The number of aliphatic hydroxyl groups excluding tert-OH is 1. The van der Waals surface area contributed by atoms with E-state index in [1.54, 1.807) is 0 Å². The predicted octanol–water partition coefficient (Wildman–Crippen LogP) is 1.83. The van der Waals surface area contributed by atoms with Crippen LogP contribution in [0.3, 0.4) is 0 Å². The molecule has 0 amide bonds. The van der Waals surface area contributed by atoms with Crippen LogP contribution in [0.25, 0.3) is 0 Å². The molecule has 0 aromatic heterocycles. The van der Waals surface area contributed by atoms with E-state index in [0.717, 1.165) is 38.2 Å². The second-order valence-electron chi connectivity index (χ2n) is 5.41. The van der Waals surface area contributed by atoms with Crippen molar-refractivity contribution in [1.29, 1.82) is 0 Å². The van der Waals surface area contributed by atoms with Crippen LogP contribution in [0.5, 0.6) is 5.75 Å². The maximum absolute atomic E-state index is 9.37. The van der Waals surface area contributed by atoms with Crippen molar-refractivity contribution in [2.24, 2.45) is 5.41 Å². The summed E-state index contributed by atoms with van der Waals surface area (Å²) < 4.78 is 5.63. The molecule has 0 unspecified atom stereocenters. The molecule has 0 spiro atoms. The van der Waals surface area contributed by atoms with Crippen molar-refractivity contribution in [2.75, 3.05) is 31.7 Å². The van der Waals surface area contributed by atoms with Gasteiger partial charge in [-0.1, -0.05) is 6.07 Å². The Morgan fingerprint density at radius 2 is 2.24 bits per heavy atom. The molecule has 0 bridgehead atoms. The van der Waals surface area contributed by atoms with Gasteiger partial charge in [0, 0.05) is 13.7 Å². The first-order valence-corrected chi connectivity index (χ1v) is 6.30. The van der Waals surface area contributed by atoms with E-state index in [2.05, 4.69) is 30.1 Å². The van der Waals surface area contributed by atoms with E-state index < -0.39 is 0 Å². The zero-order valence-electron chi connectivity index (χ0n) is 10.3. The van der Waals surface area contributed by atoms with Crippen molar-refractivity contribution in [1.82, 2.24) is 0 Å². The summed E-state index contributed by atoms with van der Waals surface area (Å²) in [7, 11) is 2.10. The Morgan fingerprint density at radius 3 is 2.94 bits per heavy atom. The van der Waals surface area contributed by atoms with Crippen molar-refractivity contribution in [3.05, 3.63) is 23.8 Å². The summed E-state index contributed by atoms with van der Waals surface area (Å²) in [5.41, 5.74) is 2.68. The summed E-state index contributed by atoms with van der Waals surface area (Å²) in [6, 6.07) is 6.41. The average Bonchev–Trinajstić information content (AvgIpc) is 3.11. The zero-order chi connectivity index (χ0) is 11.9. The molecule has 0 radical (unpaired) electrons. The lowest BCUT2D eigenvalue weighted by Crippen LogP contribution is -2.28. The molecule has 3 heteroatoms. The molecule has 1 saturated carbocycles. The lowest BCUT2D eigenvalue weighted by atomic mass is 9.96. The molecule has 92 valence electrons. The number of benzene rings is 1. The molecular formula is C14H19NO2. The third-order valence-corrected chi connectivity index (χ3v) is 3.99. The van der Waals surface area contributed by atoms with Crippen LogP contribution in [0.15, 0.2) is 18.2 Å². The molecule has 1 aliphatic heterocycles. The fraction of sp³-hybridized carbons (Fsp3) is 0.571. The lowest BCUT2D eigenvalue weighted by Gasteiger charge is -2.28. The van der Waals surface area contributed by atoms with Gasteiger partial charge in [0.05, 0.1) is 12.2 Å². The van der Waals surface area contributed by atoms with E-state index in [-0.39, 0.29) is 5.41 Å². The zero-order valence-corrected chi connectivity index (χ0v) is 10.3. The Kier molecular flexibility index (Phi) is 2.51. The van der Waals surface area contributed by atoms with Crippen LogP contribution in [-0.4, -0.2) is 31.9 Å². The van der Waals surface area contributed by atoms with Crippen molar-refractivity contribution in [2.45, 2.75) is 19.3 Å². The van der Waals surface area contributed by atoms with Crippen LogP contribution in [-0.2, 0) is 6.42 Å². The minimum Gasteiger partial charge on any atom is -0.490 e. The highest BCUT2D eigenvalue weighted by atomic mass is 16.5. The largest absolute Gasteiger partial charge is 0.490 e. The Bertz CT molecular complexity index is 426. The quantitative estimate of drug-likeness (QED) is 0.864. The van der Waals surface area contributed by atoms with Crippen molar-refractivity contribution in [3.8, 4) is 5.75 Å². The summed E-state index contributed by atoms with van der Waals surface area (Å²) in [4.78, 5) is 2.24. The lowest BCUT2D eigenvalue weighted by molar-refractivity contribution is 0.211. The highest BCUT2D eigenvalue weighted by Crippen LogP contribution is 2.48. The first-order chi connectivity index (χ1) is 8.22. The average molecular weight is 233 g/mol. The van der Waals surface area contributed by atoms with Gasteiger partial charge in [-0.3, -0.25) is 0 Å². The maximum atomic E-state index is 9.37. The summed E-state index contributed by atoms with van der Waals surface area (Å²) >= 11 is 0. The van der Waals surface area contributed by atoms with Crippen LogP contribution < -0.4 is 9.64 Å². The number of aliphatic hydroxyl groups is 1. The fourth-order valence-corrected chi connectivity index (χ4v) is 2.51. The monoisotopic (exact) mass is 233 g/mol. The molecule has 3 nitrogen and oxygen atoms in total. The van der Waals surface area contributed by atoms with E-state index in [1.807, 2.05) is 0 Å². The summed E-state index contributed by atoms with van der Waals surface area (Å²) in [5.74, 6) is 0.983. The van der Waals surface area contributed by atoms with E-state index in [9.17, 15) is 5.11 Å². The number of anilines is 1. The number of nitrogens with zero attached hydrogens (tertiary/aromatic N) is 1. The Balaban J connectivity index is 1.84. The number of hydrogen-bond donors (Lipinski definition) is 1. The van der Waals surface area contributed by atoms with Gasteiger partial charge in [0.15, 0.2) is 0 Å². The summed E-state index contributed by atoms with van der Waals surface area (Å²) in [5, 5.41) is 9.37. The molecule has 1 aromatic carbocycles.